The highest BCUT2D eigenvalue weighted by molar-refractivity contribution is 5.76. The predicted octanol–water partition coefficient (Wildman–Crippen LogP) is 1.03. The Balaban J connectivity index is 2.39. The number of hydrogen-bond donors (Lipinski definition) is 2. The van der Waals surface area contributed by atoms with Crippen LogP contribution in [0.5, 0.6) is 5.75 Å². The lowest BCUT2D eigenvalue weighted by Gasteiger charge is -2.09. The van der Waals surface area contributed by atoms with Gasteiger partial charge >= 0.3 is 0 Å². The largest absolute Gasteiger partial charge is 0.493 e. The van der Waals surface area contributed by atoms with Gasteiger partial charge in [-0.05, 0) is 19.1 Å². The fourth-order valence-electron chi connectivity index (χ4n) is 1.27. The molecule has 5 heteroatoms. The zero-order chi connectivity index (χ0) is 11.8. The fraction of sp³-hybridized carbons (Fsp3) is 0.455. The maximum Gasteiger partial charge on any atom is 0.221 e. The first kappa shape index (κ1) is 12.3. The molecule has 88 valence electrons. The van der Waals surface area contributed by atoms with Crippen LogP contribution < -0.4 is 15.4 Å². The number of anilines is 1. The van der Waals surface area contributed by atoms with Crippen LogP contribution in [0.4, 0.5) is 5.82 Å². The van der Waals surface area contributed by atoms with E-state index >= 15 is 0 Å². The van der Waals surface area contributed by atoms with E-state index in [0.717, 1.165) is 0 Å². The Kier molecular flexibility index (Phi) is 5.11. The number of rotatable bonds is 6. The summed E-state index contributed by atoms with van der Waals surface area (Å²) in [6.45, 7) is 3.10. The van der Waals surface area contributed by atoms with Gasteiger partial charge in [-0.25, -0.2) is 4.98 Å². The van der Waals surface area contributed by atoms with Gasteiger partial charge in [-0.15, -0.1) is 0 Å². The van der Waals surface area contributed by atoms with E-state index in [1.807, 2.05) is 13.0 Å². The predicted molar refractivity (Wildman–Crippen MR) is 62.6 cm³/mol. The van der Waals surface area contributed by atoms with E-state index in [1.165, 1.54) is 0 Å². The van der Waals surface area contributed by atoms with Gasteiger partial charge in [0.1, 0.15) is 0 Å². The van der Waals surface area contributed by atoms with Crippen LogP contribution in [0.1, 0.15) is 13.3 Å². The standard InChI is InChI=1S/C11H17N3O2/c1-3-12-10(15)6-8-14-11-9(16-2)5-4-7-13-11/h4-5,7H,3,6,8H2,1-2H3,(H,12,15)(H,13,14). The molecule has 0 aliphatic heterocycles. The molecule has 0 aliphatic rings. The zero-order valence-electron chi connectivity index (χ0n) is 9.62. The quantitative estimate of drug-likeness (QED) is 0.756. The molecular formula is C11H17N3O2. The Bertz CT molecular complexity index is 342. The topological polar surface area (TPSA) is 63.2 Å². The monoisotopic (exact) mass is 223 g/mol. The lowest BCUT2D eigenvalue weighted by molar-refractivity contribution is -0.120. The van der Waals surface area contributed by atoms with Crippen molar-refractivity contribution in [1.29, 1.82) is 0 Å². The summed E-state index contributed by atoms with van der Waals surface area (Å²) < 4.78 is 5.12. The number of nitrogens with zero attached hydrogens (tertiary/aromatic N) is 1. The van der Waals surface area contributed by atoms with E-state index in [9.17, 15) is 4.79 Å². The summed E-state index contributed by atoms with van der Waals surface area (Å²) in [5, 5.41) is 5.79. The maximum absolute atomic E-state index is 11.2. The zero-order valence-corrected chi connectivity index (χ0v) is 9.62. The summed E-state index contributed by atoms with van der Waals surface area (Å²) >= 11 is 0. The van der Waals surface area contributed by atoms with Crippen LogP contribution in [0.3, 0.4) is 0 Å². The summed E-state index contributed by atoms with van der Waals surface area (Å²) in [7, 11) is 1.59. The Hall–Kier alpha value is -1.78. The van der Waals surface area contributed by atoms with Gasteiger partial charge in [0.2, 0.25) is 5.91 Å². The minimum absolute atomic E-state index is 0.0323. The van der Waals surface area contributed by atoms with E-state index in [4.69, 9.17) is 4.74 Å². The van der Waals surface area contributed by atoms with Crippen molar-refractivity contribution >= 4 is 11.7 Å². The third kappa shape index (κ3) is 3.76. The normalized spacial score (nSPS) is 9.62. The molecule has 0 radical (unpaired) electrons. The molecule has 0 atom stereocenters. The van der Waals surface area contributed by atoms with Gasteiger partial charge in [0.15, 0.2) is 11.6 Å². The molecule has 0 unspecified atom stereocenters. The molecule has 1 aromatic heterocycles. The number of hydrogen-bond acceptors (Lipinski definition) is 4. The van der Waals surface area contributed by atoms with E-state index in [-0.39, 0.29) is 5.91 Å². The van der Waals surface area contributed by atoms with E-state index in [2.05, 4.69) is 15.6 Å². The van der Waals surface area contributed by atoms with Crippen LogP contribution in [0.15, 0.2) is 18.3 Å². The van der Waals surface area contributed by atoms with Crippen molar-refractivity contribution < 1.29 is 9.53 Å². The highest BCUT2D eigenvalue weighted by Gasteiger charge is 2.03. The van der Waals surface area contributed by atoms with Crippen molar-refractivity contribution in [1.82, 2.24) is 10.3 Å². The summed E-state index contributed by atoms with van der Waals surface area (Å²) in [5.41, 5.74) is 0. The van der Waals surface area contributed by atoms with Gasteiger partial charge in [0, 0.05) is 25.7 Å². The van der Waals surface area contributed by atoms with Crippen LogP contribution in [-0.4, -0.2) is 31.1 Å². The van der Waals surface area contributed by atoms with Crippen molar-refractivity contribution in [3.05, 3.63) is 18.3 Å². The molecule has 0 aromatic carbocycles. The van der Waals surface area contributed by atoms with Gasteiger partial charge in [-0.2, -0.15) is 0 Å². The van der Waals surface area contributed by atoms with Gasteiger partial charge in [-0.3, -0.25) is 4.79 Å². The molecule has 16 heavy (non-hydrogen) atoms. The SMILES string of the molecule is CCNC(=O)CCNc1ncccc1OC. The molecule has 0 saturated carbocycles. The van der Waals surface area contributed by atoms with Crippen LogP contribution >= 0.6 is 0 Å². The Morgan fingerprint density at radius 2 is 2.38 bits per heavy atom. The number of ether oxygens (including phenoxy) is 1. The Morgan fingerprint density at radius 1 is 1.56 bits per heavy atom. The number of pyridine rings is 1. The molecule has 1 heterocycles. The average Bonchev–Trinajstić information content (AvgIpc) is 2.30. The highest BCUT2D eigenvalue weighted by atomic mass is 16.5. The van der Waals surface area contributed by atoms with Crippen molar-refractivity contribution in [2.45, 2.75) is 13.3 Å². The summed E-state index contributed by atoms with van der Waals surface area (Å²) in [6.07, 6.45) is 2.10. The summed E-state index contributed by atoms with van der Waals surface area (Å²) in [6, 6.07) is 3.62. The summed E-state index contributed by atoms with van der Waals surface area (Å²) in [4.78, 5) is 15.3. The van der Waals surface area contributed by atoms with Crippen LogP contribution in [-0.2, 0) is 4.79 Å². The lowest BCUT2D eigenvalue weighted by atomic mass is 10.3. The smallest absolute Gasteiger partial charge is 0.221 e. The molecule has 5 nitrogen and oxygen atoms in total. The van der Waals surface area contributed by atoms with Crippen LogP contribution in [0, 0.1) is 0 Å². The number of methoxy groups -OCH3 is 1. The van der Waals surface area contributed by atoms with Gasteiger partial charge < -0.3 is 15.4 Å². The molecular weight excluding hydrogens is 206 g/mol. The Morgan fingerprint density at radius 3 is 3.06 bits per heavy atom. The first-order chi connectivity index (χ1) is 7.77. The minimum Gasteiger partial charge on any atom is -0.493 e. The maximum atomic E-state index is 11.2. The van der Waals surface area contributed by atoms with Crippen molar-refractivity contribution in [3.8, 4) is 5.75 Å². The molecule has 1 amide bonds. The number of aromatic nitrogens is 1. The van der Waals surface area contributed by atoms with Crippen molar-refractivity contribution in [3.63, 3.8) is 0 Å². The fourth-order valence-corrected chi connectivity index (χ4v) is 1.27. The number of amides is 1. The highest BCUT2D eigenvalue weighted by Crippen LogP contribution is 2.19. The first-order valence-electron chi connectivity index (χ1n) is 5.27. The second kappa shape index (κ2) is 6.66. The first-order valence-corrected chi connectivity index (χ1v) is 5.27. The third-order valence-corrected chi connectivity index (χ3v) is 2.01. The minimum atomic E-state index is 0.0323. The molecule has 0 aliphatic carbocycles. The average molecular weight is 223 g/mol. The van der Waals surface area contributed by atoms with E-state index < -0.39 is 0 Å². The van der Waals surface area contributed by atoms with Crippen molar-refractivity contribution in [2.75, 3.05) is 25.5 Å². The molecule has 0 fully saturated rings. The van der Waals surface area contributed by atoms with E-state index in [1.54, 1.807) is 19.4 Å². The Labute approximate surface area is 95.2 Å². The van der Waals surface area contributed by atoms with E-state index in [0.29, 0.717) is 31.1 Å². The molecule has 1 aromatic rings. The molecule has 0 spiro atoms. The van der Waals surface area contributed by atoms with Gasteiger partial charge in [-0.1, -0.05) is 0 Å². The molecule has 0 saturated heterocycles. The lowest BCUT2D eigenvalue weighted by Crippen LogP contribution is -2.24. The molecule has 1 rings (SSSR count). The van der Waals surface area contributed by atoms with Crippen LogP contribution in [0.2, 0.25) is 0 Å². The second-order valence-electron chi connectivity index (χ2n) is 3.18. The van der Waals surface area contributed by atoms with Gasteiger partial charge in [0.05, 0.1) is 7.11 Å². The molecule has 0 bridgehead atoms. The summed E-state index contributed by atoms with van der Waals surface area (Å²) in [5.74, 6) is 1.37. The number of carbonyl (C=O) groups is 1. The number of carbonyl (C=O) groups excluding carboxylic acids is 1. The van der Waals surface area contributed by atoms with Gasteiger partial charge in [0.25, 0.3) is 0 Å². The van der Waals surface area contributed by atoms with Crippen LogP contribution in [0.25, 0.3) is 0 Å². The third-order valence-electron chi connectivity index (χ3n) is 2.01. The van der Waals surface area contributed by atoms with Crippen molar-refractivity contribution in [2.24, 2.45) is 0 Å². The molecule has 2 N–H and O–H groups in total. The number of nitrogens with one attached hydrogen (secondary N) is 2. The second-order valence-corrected chi connectivity index (χ2v) is 3.18.